The van der Waals surface area contributed by atoms with Crippen molar-refractivity contribution < 1.29 is 4.74 Å². The maximum atomic E-state index is 6.12. The smallest absolute Gasteiger partial charge is 0.119 e. The van der Waals surface area contributed by atoms with E-state index in [4.69, 9.17) is 4.74 Å². The molecule has 2 unspecified atom stereocenters. The summed E-state index contributed by atoms with van der Waals surface area (Å²) < 4.78 is 6.12. The Hall–Kier alpha value is -1.02. The molecule has 94 valence electrons. The molecule has 0 amide bonds. The molecule has 0 aliphatic carbocycles. The fraction of sp³-hybridized carbons (Fsp3) is 0.600. The van der Waals surface area contributed by atoms with E-state index in [0.29, 0.717) is 12.0 Å². The number of aryl methyl sites for hydroxylation is 1. The highest BCUT2D eigenvalue weighted by molar-refractivity contribution is 5.26. The summed E-state index contributed by atoms with van der Waals surface area (Å²) in [6, 6.07) is 8.39. The van der Waals surface area contributed by atoms with Crippen molar-refractivity contribution in [2.24, 2.45) is 5.92 Å². The van der Waals surface area contributed by atoms with E-state index in [2.05, 4.69) is 50.1 Å². The first-order valence-corrected chi connectivity index (χ1v) is 6.57. The largest absolute Gasteiger partial charge is 0.490 e. The molecule has 0 aromatic heterocycles. The third-order valence-corrected chi connectivity index (χ3v) is 3.57. The molecule has 2 nitrogen and oxygen atoms in total. The van der Waals surface area contributed by atoms with Crippen LogP contribution in [0, 0.1) is 12.8 Å². The predicted octanol–water partition coefficient (Wildman–Crippen LogP) is 3.10. The molecule has 17 heavy (non-hydrogen) atoms. The van der Waals surface area contributed by atoms with E-state index < -0.39 is 0 Å². The molecule has 2 atom stereocenters. The second-order valence-electron chi connectivity index (χ2n) is 5.35. The summed E-state index contributed by atoms with van der Waals surface area (Å²) in [5, 5.41) is 0. The number of likely N-dealkylation sites (tertiary alicyclic amines) is 1. The normalized spacial score (nSPS) is 26.5. The highest BCUT2D eigenvalue weighted by atomic mass is 16.5. The van der Waals surface area contributed by atoms with Gasteiger partial charge in [-0.15, -0.1) is 0 Å². The summed E-state index contributed by atoms with van der Waals surface area (Å²) in [7, 11) is 2.20. The topological polar surface area (TPSA) is 12.5 Å². The Balaban J connectivity index is 1.99. The molecule has 1 aliphatic rings. The Morgan fingerprint density at radius 3 is 2.65 bits per heavy atom. The van der Waals surface area contributed by atoms with Crippen LogP contribution in [-0.4, -0.2) is 31.1 Å². The minimum atomic E-state index is 0.364. The molecule has 0 saturated carbocycles. The van der Waals surface area contributed by atoms with E-state index in [1.165, 1.54) is 24.9 Å². The summed E-state index contributed by atoms with van der Waals surface area (Å²) in [6.07, 6.45) is 2.76. The zero-order chi connectivity index (χ0) is 12.3. The second-order valence-corrected chi connectivity index (χ2v) is 5.35. The molecule has 0 radical (unpaired) electrons. The number of nitrogens with zero attached hydrogens (tertiary/aromatic N) is 1. The van der Waals surface area contributed by atoms with Crippen molar-refractivity contribution in [3.63, 3.8) is 0 Å². The lowest BCUT2D eigenvalue weighted by Gasteiger charge is -2.24. The van der Waals surface area contributed by atoms with Gasteiger partial charge in [0.2, 0.25) is 0 Å². The van der Waals surface area contributed by atoms with Crippen LogP contribution >= 0.6 is 0 Å². The zero-order valence-corrected chi connectivity index (χ0v) is 11.1. The van der Waals surface area contributed by atoms with Gasteiger partial charge in [-0.2, -0.15) is 0 Å². The summed E-state index contributed by atoms with van der Waals surface area (Å²) in [5.74, 6) is 1.61. The van der Waals surface area contributed by atoms with Crippen LogP contribution in [0.2, 0.25) is 0 Å². The summed E-state index contributed by atoms with van der Waals surface area (Å²) in [6.45, 7) is 6.72. The molecule has 0 spiro atoms. The molecular weight excluding hydrogens is 210 g/mol. The fourth-order valence-corrected chi connectivity index (χ4v) is 2.51. The summed E-state index contributed by atoms with van der Waals surface area (Å²) in [5.41, 5.74) is 1.28. The number of ether oxygens (including phenoxy) is 1. The highest BCUT2D eigenvalue weighted by Gasteiger charge is 2.23. The van der Waals surface area contributed by atoms with Crippen molar-refractivity contribution in [3.8, 4) is 5.75 Å². The van der Waals surface area contributed by atoms with Crippen LogP contribution in [-0.2, 0) is 0 Å². The molecule has 1 fully saturated rings. The molecule has 1 aromatic carbocycles. The summed E-state index contributed by atoms with van der Waals surface area (Å²) in [4.78, 5) is 2.41. The molecule has 2 heteroatoms. The molecule has 0 N–H and O–H groups in total. The van der Waals surface area contributed by atoms with Crippen LogP contribution in [0.25, 0.3) is 0 Å². The number of benzene rings is 1. The van der Waals surface area contributed by atoms with Crippen LogP contribution in [0.5, 0.6) is 5.75 Å². The van der Waals surface area contributed by atoms with Crippen LogP contribution in [0.15, 0.2) is 24.3 Å². The van der Waals surface area contributed by atoms with Gasteiger partial charge in [0.15, 0.2) is 0 Å². The Bertz CT molecular complexity index is 346. The Labute approximate surface area is 105 Å². The highest BCUT2D eigenvalue weighted by Crippen LogP contribution is 2.22. The monoisotopic (exact) mass is 233 g/mol. The standard InChI is InChI=1S/C15H23NO/c1-12-6-8-14(9-7-12)17-15-5-4-10-16(3)11-13(15)2/h6-9,13,15H,4-5,10-11H2,1-3H3. The van der Waals surface area contributed by atoms with Crippen molar-refractivity contribution in [2.45, 2.75) is 32.8 Å². The zero-order valence-electron chi connectivity index (χ0n) is 11.1. The second kappa shape index (κ2) is 5.54. The van der Waals surface area contributed by atoms with Crippen LogP contribution in [0.3, 0.4) is 0 Å². The molecule has 1 saturated heterocycles. The summed E-state index contributed by atoms with van der Waals surface area (Å²) >= 11 is 0. The molecule has 2 rings (SSSR count). The van der Waals surface area contributed by atoms with E-state index in [-0.39, 0.29) is 0 Å². The van der Waals surface area contributed by atoms with Crippen molar-refractivity contribution in [1.29, 1.82) is 0 Å². The lowest BCUT2D eigenvalue weighted by Crippen LogP contribution is -2.30. The molecular formula is C15H23NO. The van der Waals surface area contributed by atoms with Crippen molar-refractivity contribution >= 4 is 0 Å². The maximum Gasteiger partial charge on any atom is 0.119 e. The fourth-order valence-electron chi connectivity index (χ4n) is 2.51. The molecule has 1 heterocycles. The first-order chi connectivity index (χ1) is 8.15. The third-order valence-electron chi connectivity index (χ3n) is 3.57. The lowest BCUT2D eigenvalue weighted by atomic mass is 10.0. The first kappa shape index (κ1) is 12.4. The quantitative estimate of drug-likeness (QED) is 0.778. The van der Waals surface area contributed by atoms with Gasteiger partial charge in [0, 0.05) is 12.5 Å². The van der Waals surface area contributed by atoms with E-state index in [1.54, 1.807) is 0 Å². The Morgan fingerprint density at radius 1 is 1.24 bits per heavy atom. The van der Waals surface area contributed by atoms with Gasteiger partial charge in [0.1, 0.15) is 11.9 Å². The van der Waals surface area contributed by atoms with Gasteiger partial charge in [-0.3, -0.25) is 0 Å². The first-order valence-electron chi connectivity index (χ1n) is 6.57. The van der Waals surface area contributed by atoms with Gasteiger partial charge >= 0.3 is 0 Å². The van der Waals surface area contributed by atoms with Gasteiger partial charge in [0.05, 0.1) is 0 Å². The predicted molar refractivity (Wildman–Crippen MR) is 71.5 cm³/mol. The lowest BCUT2D eigenvalue weighted by molar-refractivity contribution is 0.131. The van der Waals surface area contributed by atoms with E-state index in [0.717, 1.165) is 12.3 Å². The molecule has 0 bridgehead atoms. The van der Waals surface area contributed by atoms with Crippen LogP contribution in [0.1, 0.15) is 25.3 Å². The Morgan fingerprint density at radius 2 is 1.94 bits per heavy atom. The van der Waals surface area contributed by atoms with Crippen molar-refractivity contribution in [2.75, 3.05) is 20.1 Å². The van der Waals surface area contributed by atoms with Crippen molar-refractivity contribution in [3.05, 3.63) is 29.8 Å². The van der Waals surface area contributed by atoms with Gasteiger partial charge in [-0.1, -0.05) is 24.6 Å². The van der Waals surface area contributed by atoms with Crippen molar-refractivity contribution in [1.82, 2.24) is 4.90 Å². The average molecular weight is 233 g/mol. The SMILES string of the molecule is Cc1ccc(OC2CCCN(C)CC2C)cc1. The number of hydrogen-bond donors (Lipinski definition) is 0. The minimum absolute atomic E-state index is 0.364. The van der Waals surface area contributed by atoms with Gasteiger partial charge in [0.25, 0.3) is 0 Å². The van der Waals surface area contributed by atoms with Gasteiger partial charge in [-0.25, -0.2) is 0 Å². The van der Waals surface area contributed by atoms with E-state index >= 15 is 0 Å². The van der Waals surface area contributed by atoms with Gasteiger partial charge < -0.3 is 9.64 Å². The molecule has 1 aliphatic heterocycles. The number of rotatable bonds is 2. The third kappa shape index (κ3) is 3.47. The van der Waals surface area contributed by atoms with E-state index in [9.17, 15) is 0 Å². The van der Waals surface area contributed by atoms with E-state index in [1.807, 2.05) is 0 Å². The maximum absolute atomic E-state index is 6.12. The molecule has 1 aromatic rings. The average Bonchev–Trinajstić information content (AvgIpc) is 2.44. The minimum Gasteiger partial charge on any atom is -0.490 e. The van der Waals surface area contributed by atoms with Gasteiger partial charge in [-0.05, 0) is 45.5 Å². The Kier molecular flexibility index (Phi) is 4.06. The van der Waals surface area contributed by atoms with Crippen LogP contribution < -0.4 is 4.74 Å². The number of hydrogen-bond acceptors (Lipinski definition) is 2. The van der Waals surface area contributed by atoms with Crippen LogP contribution in [0.4, 0.5) is 0 Å².